The Morgan fingerprint density at radius 3 is 2.70 bits per heavy atom. The fourth-order valence-electron chi connectivity index (χ4n) is 2.24. The van der Waals surface area contributed by atoms with E-state index in [2.05, 4.69) is 10.1 Å². The van der Waals surface area contributed by atoms with Gasteiger partial charge in [-0.2, -0.15) is 8.78 Å². The van der Waals surface area contributed by atoms with Gasteiger partial charge in [-0.3, -0.25) is 4.79 Å². The van der Waals surface area contributed by atoms with E-state index in [1.165, 1.54) is 6.07 Å². The van der Waals surface area contributed by atoms with Crippen LogP contribution in [0.2, 0.25) is 0 Å². The predicted molar refractivity (Wildman–Crippen MR) is 70.6 cm³/mol. The molecule has 0 saturated carbocycles. The number of para-hydroxylation sites is 1. The van der Waals surface area contributed by atoms with Gasteiger partial charge in [-0.25, -0.2) is 0 Å². The highest BCUT2D eigenvalue weighted by molar-refractivity contribution is 5.78. The lowest BCUT2D eigenvalue weighted by molar-refractivity contribution is -0.129. The number of hydrogen-bond donors (Lipinski definition) is 1. The Kier molecular flexibility index (Phi) is 5.29. The van der Waals surface area contributed by atoms with Gasteiger partial charge in [-0.1, -0.05) is 18.2 Å². The molecule has 0 bridgehead atoms. The van der Waals surface area contributed by atoms with Crippen LogP contribution in [0, 0.1) is 0 Å². The largest absolute Gasteiger partial charge is 0.434 e. The van der Waals surface area contributed by atoms with Crippen LogP contribution in [-0.4, -0.2) is 37.1 Å². The lowest BCUT2D eigenvalue weighted by atomic mass is 10.2. The smallest absolute Gasteiger partial charge is 0.387 e. The Labute approximate surface area is 116 Å². The molecule has 2 rings (SSSR count). The minimum atomic E-state index is -2.85. The summed E-state index contributed by atoms with van der Waals surface area (Å²) in [6, 6.07) is 6.57. The number of nitrogens with zero attached hydrogens (tertiary/aromatic N) is 1. The summed E-state index contributed by atoms with van der Waals surface area (Å²) < 4.78 is 28.9. The highest BCUT2D eigenvalue weighted by Gasteiger charge is 2.17. The van der Waals surface area contributed by atoms with Crippen molar-refractivity contribution in [1.29, 1.82) is 0 Å². The van der Waals surface area contributed by atoms with Crippen molar-refractivity contribution in [2.45, 2.75) is 26.0 Å². The summed E-state index contributed by atoms with van der Waals surface area (Å²) in [5.41, 5.74) is 0.613. The van der Waals surface area contributed by atoms with Crippen LogP contribution < -0.4 is 10.1 Å². The highest BCUT2D eigenvalue weighted by Crippen LogP contribution is 2.19. The molecule has 1 aromatic carbocycles. The van der Waals surface area contributed by atoms with Crippen molar-refractivity contribution >= 4 is 5.91 Å². The zero-order valence-electron chi connectivity index (χ0n) is 11.1. The Hall–Kier alpha value is -1.69. The van der Waals surface area contributed by atoms with Crippen LogP contribution >= 0.6 is 0 Å². The number of rotatable bonds is 6. The molecule has 4 nitrogen and oxygen atoms in total. The first-order valence-corrected chi connectivity index (χ1v) is 6.68. The molecule has 0 radical (unpaired) electrons. The first kappa shape index (κ1) is 14.7. The summed E-state index contributed by atoms with van der Waals surface area (Å²) in [5.74, 6) is 0.193. The van der Waals surface area contributed by atoms with Gasteiger partial charge < -0.3 is 15.0 Å². The zero-order chi connectivity index (χ0) is 14.4. The van der Waals surface area contributed by atoms with E-state index in [-0.39, 0.29) is 18.2 Å². The van der Waals surface area contributed by atoms with Crippen molar-refractivity contribution in [2.75, 3.05) is 19.6 Å². The molecule has 0 spiro atoms. The summed E-state index contributed by atoms with van der Waals surface area (Å²) in [6.07, 6.45) is 2.10. The molecule has 1 aliphatic heterocycles. The van der Waals surface area contributed by atoms with E-state index in [4.69, 9.17) is 0 Å². The van der Waals surface area contributed by atoms with Gasteiger partial charge in [0.15, 0.2) is 0 Å². The van der Waals surface area contributed by atoms with Crippen molar-refractivity contribution in [1.82, 2.24) is 10.2 Å². The van der Waals surface area contributed by atoms with Crippen molar-refractivity contribution in [3.8, 4) is 5.75 Å². The second kappa shape index (κ2) is 7.19. The molecule has 20 heavy (non-hydrogen) atoms. The Morgan fingerprint density at radius 1 is 1.30 bits per heavy atom. The molecule has 0 aromatic heterocycles. The first-order valence-electron chi connectivity index (χ1n) is 6.68. The van der Waals surface area contributed by atoms with Crippen molar-refractivity contribution < 1.29 is 18.3 Å². The molecule has 1 N–H and O–H groups in total. The Morgan fingerprint density at radius 2 is 2.00 bits per heavy atom. The molecule has 1 aliphatic rings. The van der Waals surface area contributed by atoms with Crippen LogP contribution in [0.3, 0.4) is 0 Å². The first-order chi connectivity index (χ1) is 9.66. The zero-order valence-corrected chi connectivity index (χ0v) is 11.1. The summed E-state index contributed by atoms with van der Waals surface area (Å²) in [7, 11) is 0. The van der Waals surface area contributed by atoms with Crippen molar-refractivity contribution in [2.24, 2.45) is 0 Å². The lowest BCUT2D eigenvalue weighted by Gasteiger charge is -2.16. The Bertz CT molecular complexity index is 449. The molecular formula is C14H18F2N2O2. The standard InChI is InChI=1S/C14H18F2N2O2/c15-14(16)20-12-6-2-1-5-11(12)9-17-10-13(19)18-7-3-4-8-18/h1-2,5-6,14,17H,3-4,7-10H2. The van der Waals surface area contributed by atoms with Crippen LogP contribution in [0.4, 0.5) is 8.78 Å². The maximum Gasteiger partial charge on any atom is 0.387 e. The van der Waals surface area contributed by atoms with Gasteiger partial charge in [0.1, 0.15) is 5.75 Å². The normalized spacial score (nSPS) is 14.8. The Balaban J connectivity index is 1.82. The molecule has 1 heterocycles. The third-order valence-electron chi connectivity index (χ3n) is 3.24. The monoisotopic (exact) mass is 284 g/mol. The molecule has 110 valence electrons. The average Bonchev–Trinajstić information content (AvgIpc) is 2.94. The van der Waals surface area contributed by atoms with Gasteiger partial charge in [0.05, 0.1) is 6.54 Å². The molecule has 1 amide bonds. The van der Waals surface area contributed by atoms with Gasteiger partial charge in [0.25, 0.3) is 0 Å². The molecule has 1 aromatic rings. The second-order valence-corrected chi connectivity index (χ2v) is 4.68. The third kappa shape index (κ3) is 4.16. The number of halogens is 2. The predicted octanol–water partition coefficient (Wildman–Crippen LogP) is 2.00. The van der Waals surface area contributed by atoms with E-state index in [9.17, 15) is 13.6 Å². The van der Waals surface area contributed by atoms with Crippen LogP contribution in [0.25, 0.3) is 0 Å². The number of amides is 1. The summed E-state index contributed by atoms with van der Waals surface area (Å²) in [6.45, 7) is -0.690. The van der Waals surface area contributed by atoms with Crippen LogP contribution in [0.15, 0.2) is 24.3 Å². The SMILES string of the molecule is O=C(CNCc1ccccc1OC(F)F)N1CCCC1. The number of likely N-dealkylation sites (tertiary alicyclic amines) is 1. The van der Waals surface area contributed by atoms with Gasteiger partial charge in [-0.05, 0) is 18.9 Å². The number of nitrogens with one attached hydrogen (secondary N) is 1. The van der Waals surface area contributed by atoms with E-state index in [0.717, 1.165) is 25.9 Å². The van der Waals surface area contributed by atoms with Crippen LogP contribution in [0.5, 0.6) is 5.75 Å². The minimum absolute atomic E-state index is 0.0507. The van der Waals surface area contributed by atoms with Crippen LogP contribution in [0.1, 0.15) is 18.4 Å². The van der Waals surface area contributed by atoms with Gasteiger partial charge >= 0.3 is 6.61 Å². The number of carbonyl (C=O) groups is 1. The number of hydrogen-bond acceptors (Lipinski definition) is 3. The maximum atomic E-state index is 12.3. The van der Waals surface area contributed by atoms with E-state index in [0.29, 0.717) is 12.1 Å². The fourth-order valence-corrected chi connectivity index (χ4v) is 2.24. The fraction of sp³-hybridized carbons (Fsp3) is 0.500. The summed E-state index contributed by atoms with van der Waals surface area (Å²) >= 11 is 0. The topological polar surface area (TPSA) is 41.6 Å². The van der Waals surface area contributed by atoms with Gasteiger partial charge in [0, 0.05) is 25.2 Å². The lowest BCUT2D eigenvalue weighted by Crippen LogP contribution is -2.36. The summed E-state index contributed by atoms with van der Waals surface area (Å²) in [5, 5.41) is 2.98. The molecule has 6 heteroatoms. The highest BCUT2D eigenvalue weighted by atomic mass is 19.3. The van der Waals surface area contributed by atoms with Crippen LogP contribution in [-0.2, 0) is 11.3 Å². The van der Waals surface area contributed by atoms with E-state index >= 15 is 0 Å². The van der Waals surface area contributed by atoms with Crippen molar-refractivity contribution in [3.05, 3.63) is 29.8 Å². The molecule has 0 unspecified atom stereocenters. The van der Waals surface area contributed by atoms with E-state index < -0.39 is 6.61 Å². The quantitative estimate of drug-likeness (QED) is 0.868. The van der Waals surface area contributed by atoms with E-state index in [1.54, 1.807) is 18.2 Å². The number of carbonyl (C=O) groups excluding carboxylic acids is 1. The number of ether oxygens (including phenoxy) is 1. The van der Waals surface area contributed by atoms with Gasteiger partial charge in [0.2, 0.25) is 5.91 Å². The number of benzene rings is 1. The molecule has 1 saturated heterocycles. The maximum absolute atomic E-state index is 12.3. The van der Waals surface area contributed by atoms with Gasteiger partial charge in [-0.15, -0.1) is 0 Å². The van der Waals surface area contributed by atoms with Crippen molar-refractivity contribution in [3.63, 3.8) is 0 Å². The minimum Gasteiger partial charge on any atom is -0.434 e. The van der Waals surface area contributed by atoms with E-state index in [1.807, 2.05) is 4.90 Å². The summed E-state index contributed by atoms with van der Waals surface area (Å²) in [4.78, 5) is 13.6. The molecular weight excluding hydrogens is 266 g/mol. The average molecular weight is 284 g/mol. The second-order valence-electron chi connectivity index (χ2n) is 4.68. The molecule has 1 fully saturated rings. The molecule has 0 aliphatic carbocycles. The third-order valence-corrected chi connectivity index (χ3v) is 3.24. The number of alkyl halides is 2. The molecule has 0 atom stereocenters.